The van der Waals surface area contributed by atoms with Crippen LogP contribution in [0.4, 0.5) is 0 Å². The Morgan fingerprint density at radius 2 is 0.694 bits per heavy atom. The Labute approximate surface area is 388 Å². The summed E-state index contributed by atoms with van der Waals surface area (Å²) in [5.74, 6) is -0.142. The van der Waals surface area contributed by atoms with E-state index in [2.05, 4.69) is 43.5 Å². The van der Waals surface area contributed by atoms with Crippen LogP contribution in [-0.4, -0.2) is 46.1 Å². The van der Waals surface area contributed by atoms with Gasteiger partial charge in [-0.2, -0.15) is 0 Å². The summed E-state index contributed by atoms with van der Waals surface area (Å²) in [4.78, 5) is 12.5. The normalized spacial score (nSPS) is 13.4. The zero-order valence-electron chi connectivity index (χ0n) is 42.0. The lowest BCUT2D eigenvalue weighted by molar-refractivity contribution is -0.124. The molecule has 4 N–H and O–H groups in total. The fraction of sp³-hybridized carbons (Fsp3) is 0.912. The third-order valence-corrected chi connectivity index (χ3v) is 13.3. The lowest BCUT2D eigenvalue weighted by atomic mass is 9.99. The molecule has 0 bridgehead atoms. The predicted molar refractivity (Wildman–Crippen MR) is 273 cm³/mol. The highest BCUT2D eigenvalue weighted by Gasteiger charge is 2.26. The minimum Gasteiger partial charge on any atom is -0.394 e. The van der Waals surface area contributed by atoms with Gasteiger partial charge in [0, 0.05) is 6.42 Å². The summed E-state index contributed by atoms with van der Waals surface area (Å²) in [5, 5.41) is 33.8. The molecule has 3 atom stereocenters. The lowest BCUT2D eigenvalue weighted by Gasteiger charge is -2.26. The Morgan fingerprint density at radius 3 is 1.02 bits per heavy atom. The fourth-order valence-electron chi connectivity index (χ4n) is 8.96. The van der Waals surface area contributed by atoms with Gasteiger partial charge in [-0.1, -0.05) is 282 Å². The van der Waals surface area contributed by atoms with Gasteiger partial charge < -0.3 is 20.6 Å². The minimum atomic E-state index is -1.14. The molecule has 0 aliphatic heterocycles. The van der Waals surface area contributed by atoms with Crippen molar-refractivity contribution in [1.82, 2.24) is 5.32 Å². The number of hydrogen-bond donors (Lipinski definition) is 4. The van der Waals surface area contributed by atoms with Crippen LogP contribution in [-0.2, 0) is 4.79 Å². The quantitative estimate of drug-likeness (QED) is 0.0362. The van der Waals surface area contributed by atoms with Gasteiger partial charge in [0.1, 0.15) is 6.10 Å². The molecule has 1 amide bonds. The van der Waals surface area contributed by atoms with Gasteiger partial charge in [0.25, 0.3) is 0 Å². The van der Waals surface area contributed by atoms with E-state index in [4.69, 9.17) is 0 Å². The standard InChI is InChI=1S/C57H111NO4/c1-3-5-7-9-11-13-15-17-19-21-23-25-26-27-28-29-30-32-34-36-38-40-42-44-46-48-50-52-56(61)58-54(53-59)57(62)55(60)51-49-47-45-43-41-39-37-35-33-31-24-22-20-18-16-14-12-10-8-6-4-2/h23,25,27-28,54-55,57,59-60,62H,3-22,24,26,29-53H2,1-2H3,(H,58,61)/b25-23-,28-27-. The molecule has 0 rings (SSSR count). The van der Waals surface area contributed by atoms with Gasteiger partial charge in [0.05, 0.1) is 18.8 Å². The van der Waals surface area contributed by atoms with Crippen molar-refractivity contribution in [2.24, 2.45) is 0 Å². The van der Waals surface area contributed by atoms with Crippen LogP contribution >= 0.6 is 0 Å². The van der Waals surface area contributed by atoms with E-state index in [1.165, 1.54) is 238 Å². The van der Waals surface area contributed by atoms with E-state index in [0.29, 0.717) is 12.8 Å². The summed E-state index contributed by atoms with van der Waals surface area (Å²) >= 11 is 0. The molecule has 0 aliphatic rings. The first-order valence-corrected chi connectivity index (χ1v) is 28.1. The van der Waals surface area contributed by atoms with Crippen LogP contribution in [0.1, 0.15) is 309 Å². The summed E-state index contributed by atoms with van der Waals surface area (Å²) < 4.78 is 0. The third-order valence-electron chi connectivity index (χ3n) is 13.3. The number of amides is 1. The second kappa shape index (κ2) is 52.5. The monoisotopic (exact) mass is 874 g/mol. The number of carbonyl (C=O) groups is 1. The highest BCUT2D eigenvalue weighted by molar-refractivity contribution is 5.76. The summed E-state index contributed by atoms with van der Waals surface area (Å²) in [6.45, 7) is 4.21. The molecule has 0 saturated carbocycles. The van der Waals surface area contributed by atoms with Crippen molar-refractivity contribution in [2.75, 3.05) is 6.61 Å². The van der Waals surface area contributed by atoms with E-state index >= 15 is 0 Å². The molecule has 0 spiro atoms. The average molecular weight is 875 g/mol. The van der Waals surface area contributed by atoms with Crippen LogP contribution in [0.5, 0.6) is 0 Å². The highest BCUT2D eigenvalue weighted by Crippen LogP contribution is 2.18. The van der Waals surface area contributed by atoms with Gasteiger partial charge in [-0.05, 0) is 44.9 Å². The SMILES string of the molecule is CCCCCCCCCCC/C=C\C/C=C\CCCCCCCCCCCCCC(=O)NC(CO)C(O)C(O)CCCCCCCCCCCCCCCCCCCCCCC. The second-order valence-corrected chi connectivity index (χ2v) is 19.5. The zero-order valence-corrected chi connectivity index (χ0v) is 42.0. The van der Waals surface area contributed by atoms with E-state index < -0.39 is 18.2 Å². The van der Waals surface area contributed by atoms with Crippen molar-refractivity contribution in [3.05, 3.63) is 24.3 Å². The number of hydrogen-bond acceptors (Lipinski definition) is 4. The fourth-order valence-corrected chi connectivity index (χ4v) is 8.96. The first-order chi connectivity index (χ1) is 30.6. The molecule has 0 radical (unpaired) electrons. The van der Waals surface area contributed by atoms with Crippen molar-refractivity contribution < 1.29 is 20.1 Å². The maximum atomic E-state index is 12.5. The molecule has 0 aromatic rings. The molecule has 0 aromatic carbocycles. The van der Waals surface area contributed by atoms with Crippen LogP contribution in [0.3, 0.4) is 0 Å². The van der Waals surface area contributed by atoms with Gasteiger partial charge in [-0.15, -0.1) is 0 Å². The van der Waals surface area contributed by atoms with Crippen LogP contribution in [0.25, 0.3) is 0 Å². The maximum absolute atomic E-state index is 12.5. The van der Waals surface area contributed by atoms with Crippen molar-refractivity contribution in [1.29, 1.82) is 0 Å². The molecule has 0 aliphatic carbocycles. The van der Waals surface area contributed by atoms with Crippen molar-refractivity contribution >= 4 is 5.91 Å². The van der Waals surface area contributed by atoms with Gasteiger partial charge >= 0.3 is 0 Å². The number of unbranched alkanes of at least 4 members (excludes halogenated alkanes) is 40. The summed E-state index contributed by atoms with van der Waals surface area (Å²) in [7, 11) is 0. The summed E-state index contributed by atoms with van der Waals surface area (Å²) in [6, 6.07) is -0.810. The van der Waals surface area contributed by atoms with Crippen LogP contribution in [0.2, 0.25) is 0 Å². The Hall–Kier alpha value is -1.17. The van der Waals surface area contributed by atoms with E-state index in [1.807, 2.05) is 0 Å². The Morgan fingerprint density at radius 1 is 0.403 bits per heavy atom. The smallest absolute Gasteiger partial charge is 0.220 e. The first kappa shape index (κ1) is 60.8. The third kappa shape index (κ3) is 46.8. The number of carbonyl (C=O) groups excluding carboxylic acids is 1. The van der Waals surface area contributed by atoms with Crippen molar-refractivity contribution in [2.45, 2.75) is 327 Å². The minimum absolute atomic E-state index is 0.142. The van der Waals surface area contributed by atoms with E-state index in [9.17, 15) is 20.1 Å². The largest absolute Gasteiger partial charge is 0.394 e. The molecule has 5 nitrogen and oxygen atoms in total. The molecular formula is C57H111NO4. The zero-order chi connectivity index (χ0) is 45.1. The molecule has 0 fully saturated rings. The van der Waals surface area contributed by atoms with Crippen LogP contribution in [0, 0.1) is 0 Å². The van der Waals surface area contributed by atoms with E-state index in [0.717, 1.165) is 44.9 Å². The Kier molecular flexibility index (Phi) is 51.5. The van der Waals surface area contributed by atoms with Gasteiger partial charge in [0.2, 0.25) is 5.91 Å². The van der Waals surface area contributed by atoms with Crippen LogP contribution in [0.15, 0.2) is 24.3 Å². The molecule has 368 valence electrons. The van der Waals surface area contributed by atoms with E-state index in [1.54, 1.807) is 0 Å². The number of aliphatic hydroxyl groups excluding tert-OH is 3. The highest BCUT2D eigenvalue weighted by atomic mass is 16.3. The molecule has 3 unspecified atom stereocenters. The Balaban J connectivity index is 3.54. The van der Waals surface area contributed by atoms with Crippen molar-refractivity contribution in [3.8, 4) is 0 Å². The number of nitrogens with one attached hydrogen (secondary N) is 1. The van der Waals surface area contributed by atoms with Gasteiger partial charge in [0.15, 0.2) is 0 Å². The molecule has 0 heterocycles. The van der Waals surface area contributed by atoms with Gasteiger partial charge in [-0.25, -0.2) is 0 Å². The first-order valence-electron chi connectivity index (χ1n) is 28.1. The van der Waals surface area contributed by atoms with E-state index in [-0.39, 0.29) is 12.5 Å². The van der Waals surface area contributed by atoms with Crippen molar-refractivity contribution in [3.63, 3.8) is 0 Å². The summed E-state index contributed by atoms with van der Waals surface area (Å²) in [5.41, 5.74) is 0. The topological polar surface area (TPSA) is 89.8 Å². The van der Waals surface area contributed by atoms with Crippen LogP contribution < -0.4 is 5.32 Å². The molecular weight excluding hydrogens is 763 g/mol. The molecule has 0 saturated heterocycles. The number of aliphatic hydroxyl groups is 3. The summed E-state index contributed by atoms with van der Waals surface area (Å²) in [6.07, 6.45) is 66.1. The lowest BCUT2D eigenvalue weighted by Crippen LogP contribution is -2.50. The Bertz CT molecular complexity index is 920. The second-order valence-electron chi connectivity index (χ2n) is 19.5. The maximum Gasteiger partial charge on any atom is 0.220 e. The molecule has 0 aromatic heterocycles. The number of rotatable bonds is 52. The molecule has 62 heavy (non-hydrogen) atoms. The number of allylic oxidation sites excluding steroid dienone is 4. The average Bonchev–Trinajstić information content (AvgIpc) is 3.28. The van der Waals surface area contributed by atoms with Gasteiger partial charge in [-0.3, -0.25) is 4.79 Å². The predicted octanol–water partition coefficient (Wildman–Crippen LogP) is 17.3. The molecule has 5 heteroatoms.